The molecule has 0 aromatic rings. The summed E-state index contributed by atoms with van der Waals surface area (Å²) in [6.45, 7) is 0. The van der Waals surface area contributed by atoms with E-state index in [1.54, 1.807) is 21.6 Å². The van der Waals surface area contributed by atoms with Gasteiger partial charge in [-0.05, 0) is 12.5 Å². The Kier molecular flexibility index (Phi) is 28.4. The molecule has 0 spiro atoms. The summed E-state index contributed by atoms with van der Waals surface area (Å²) < 4.78 is 0. The normalized spacial score (nSPS) is 6.00. The van der Waals surface area contributed by atoms with E-state index in [-0.39, 0.29) is 0 Å². The van der Waals surface area contributed by atoms with E-state index < -0.39 is 0 Å². The van der Waals surface area contributed by atoms with Crippen LogP contribution in [-0.2, 0) is 0 Å². The van der Waals surface area contributed by atoms with Gasteiger partial charge in [-0.1, -0.05) is 21.6 Å². The first-order valence-electron chi connectivity index (χ1n) is 1.43. The molecule has 0 aromatic carbocycles. The van der Waals surface area contributed by atoms with E-state index >= 15 is 0 Å². The quantitative estimate of drug-likeness (QED) is 0.534. The van der Waals surface area contributed by atoms with Crippen molar-refractivity contribution in [2.45, 2.75) is 0 Å². The van der Waals surface area contributed by atoms with Crippen molar-refractivity contribution in [1.82, 2.24) is 0 Å². The van der Waals surface area contributed by atoms with Crippen LogP contribution < -0.4 is 0 Å². The second-order valence-corrected chi connectivity index (χ2v) is 3.00. The molecule has 0 aliphatic heterocycles. The van der Waals surface area contributed by atoms with Crippen LogP contribution in [0.25, 0.3) is 0 Å². The second-order valence-electron chi connectivity index (χ2n) is 0.333. The van der Waals surface area contributed by atoms with Crippen molar-refractivity contribution in [3.63, 3.8) is 0 Å². The molecule has 3 heteroatoms. The zero-order valence-electron chi connectivity index (χ0n) is 4.26. The molecule has 0 unspecified atom stereocenters. The highest BCUT2D eigenvalue weighted by molar-refractivity contribution is 8.76. The molecule has 0 rings (SSSR count). The molecule has 0 radical (unpaired) electrons. The minimum Gasteiger partial charge on any atom is -0.400 e. The number of rotatable bonds is 1. The Hall–Kier alpha value is 0.660. The van der Waals surface area contributed by atoms with Gasteiger partial charge in [0.25, 0.3) is 0 Å². The molecular formula is C3H10OS2. The molecule has 0 saturated carbocycles. The predicted octanol–water partition coefficient (Wildman–Crippen LogP) is 1.24. The molecule has 0 fully saturated rings. The maximum absolute atomic E-state index is 7.00. The fraction of sp³-hybridized carbons (Fsp3) is 1.00. The van der Waals surface area contributed by atoms with E-state index in [1.165, 1.54) is 0 Å². The Morgan fingerprint density at radius 2 is 1.17 bits per heavy atom. The Morgan fingerprint density at radius 3 is 1.17 bits per heavy atom. The lowest BCUT2D eigenvalue weighted by Crippen LogP contribution is -1.28. The topological polar surface area (TPSA) is 20.2 Å². The predicted molar refractivity (Wildman–Crippen MR) is 35.2 cm³/mol. The third-order valence-corrected chi connectivity index (χ3v) is 1.50. The van der Waals surface area contributed by atoms with Crippen molar-refractivity contribution in [2.24, 2.45) is 0 Å². The maximum Gasteiger partial charge on any atom is 0.0319 e. The minimum atomic E-state index is 1.00. The molecule has 40 valence electrons. The van der Waals surface area contributed by atoms with Gasteiger partial charge in [0.2, 0.25) is 0 Å². The van der Waals surface area contributed by atoms with Gasteiger partial charge in [-0.15, -0.1) is 0 Å². The summed E-state index contributed by atoms with van der Waals surface area (Å²) in [5, 5.41) is 7.00. The average Bonchev–Trinajstić information content (AvgIpc) is 1.72. The minimum absolute atomic E-state index is 1.00. The number of hydrogen-bond donors (Lipinski definition) is 1. The van der Waals surface area contributed by atoms with Crippen LogP contribution in [0.3, 0.4) is 0 Å². The Balaban J connectivity index is 0. The van der Waals surface area contributed by atoms with Crippen LogP contribution in [0.1, 0.15) is 0 Å². The summed E-state index contributed by atoms with van der Waals surface area (Å²) in [6.07, 6.45) is 4.12. The van der Waals surface area contributed by atoms with Crippen LogP contribution in [-0.4, -0.2) is 24.7 Å². The third kappa shape index (κ3) is 22.7. The Labute approximate surface area is 46.9 Å². The van der Waals surface area contributed by atoms with Crippen molar-refractivity contribution in [1.29, 1.82) is 0 Å². The number of aliphatic hydroxyl groups is 1. The van der Waals surface area contributed by atoms with Crippen molar-refractivity contribution in [2.75, 3.05) is 19.6 Å². The second kappa shape index (κ2) is 17.4. The lowest BCUT2D eigenvalue weighted by molar-refractivity contribution is 0.399. The fourth-order valence-electron chi connectivity index (χ4n) is 0. The summed E-state index contributed by atoms with van der Waals surface area (Å²) >= 11 is 0. The van der Waals surface area contributed by atoms with Gasteiger partial charge in [0.05, 0.1) is 0 Å². The van der Waals surface area contributed by atoms with Crippen LogP contribution in [0.5, 0.6) is 0 Å². The highest BCUT2D eigenvalue weighted by Gasteiger charge is 1.55. The van der Waals surface area contributed by atoms with Crippen LogP contribution in [0.15, 0.2) is 0 Å². The van der Waals surface area contributed by atoms with Gasteiger partial charge in [-0.2, -0.15) is 0 Å². The SMILES string of the molecule is CO.CSSC. The highest BCUT2D eigenvalue weighted by Crippen LogP contribution is 2.09. The molecule has 1 N–H and O–H groups in total. The van der Waals surface area contributed by atoms with E-state index in [1.807, 2.05) is 0 Å². The fourth-order valence-corrected chi connectivity index (χ4v) is 0. The van der Waals surface area contributed by atoms with Crippen molar-refractivity contribution in [3.8, 4) is 0 Å². The molecule has 0 heterocycles. The molecule has 0 aliphatic rings. The monoisotopic (exact) mass is 126 g/mol. The van der Waals surface area contributed by atoms with Crippen molar-refractivity contribution < 1.29 is 5.11 Å². The van der Waals surface area contributed by atoms with Gasteiger partial charge >= 0.3 is 0 Å². The maximum atomic E-state index is 7.00. The van der Waals surface area contributed by atoms with Gasteiger partial charge in [-0.3, -0.25) is 0 Å². The summed E-state index contributed by atoms with van der Waals surface area (Å²) in [6, 6.07) is 0. The van der Waals surface area contributed by atoms with E-state index in [2.05, 4.69) is 12.5 Å². The summed E-state index contributed by atoms with van der Waals surface area (Å²) in [4.78, 5) is 0. The highest BCUT2D eigenvalue weighted by atomic mass is 33.1. The summed E-state index contributed by atoms with van der Waals surface area (Å²) in [7, 11) is 4.55. The average molecular weight is 126 g/mol. The summed E-state index contributed by atoms with van der Waals surface area (Å²) in [5.41, 5.74) is 0. The van der Waals surface area contributed by atoms with E-state index in [9.17, 15) is 0 Å². The van der Waals surface area contributed by atoms with Crippen molar-refractivity contribution in [3.05, 3.63) is 0 Å². The molecule has 0 saturated heterocycles. The molecule has 1 nitrogen and oxygen atoms in total. The van der Waals surface area contributed by atoms with E-state index in [4.69, 9.17) is 5.11 Å². The van der Waals surface area contributed by atoms with Crippen LogP contribution >= 0.6 is 21.6 Å². The lowest BCUT2D eigenvalue weighted by atomic mass is 11.8. The van der Waals surface area contributed by atoms with Gasteiger partial charge in [0.15, 0.2) is 0 Å². The molecule has 0 bridgehead atoms. The van der Waals surface area contributed by atoms with Gasteiger partial charge in [-0.25, -0.2) is 0 Å². The number of hydrogen-bond acceptors (Lipinski definition) is 3. The number of aliphatic hydroxyl groups excluding tert-OH is 1. The lowest BCUT2D eigenvalue weighted by Gasteiger charge is -1.69. The molecule has 0 aromatic heterocycles. The summed E-state index contributed by atoms with van der Waals surface area (Å²) in [5.74, 6) is 0. The van der Waals surface area contributed by atoms with E-state index in [0.717, 1.165) is 7.11 Å². The smallest absolute Gasteiger partial charge is 0.0319 e. The van der Waals surface area contributed by atoms with Crippen LogP contribution in [0, 0.1) is 0 Å². The molecule has 6 heavy (non-hydrogen) atoms. The van der Waals surface area contributed by atoms with Crippen LogP contribution in [0.4, 0.5) is 0 Å². The third-order valence-electron chi connectivity index (χ3n) is 0.167. The largest absolute Gasteiger partial charge is 0.400 e. The zero-order chi connectivity index (χ0) is 5.41. The first-order valence-corrected chi connectivity index (χ1v) is 4.40. The molecular weight excluding hydrogens is 116 g/mol. The molecule has 0 aliphatic carbocycles. The van der Waals surface area contributed by atoms with E-state index in [0.29, 0.717) is 0 Å². The Bertz CT molecular complexity index is 10.8. The van der Waals surface area contributed by atoms with Crippen LogP contribution in [0.2, 0.25) is 0 Å². The molecule has 0 amide bonds. The van der Waals surface area contributed by atoms with Gasteiger partial charge in [0, 0.05) is 7.11 Å². The first-order chi connectivity index (χ1) is 2.91. The van der Waals surface area contributed by atoms with Gasteiger partial charge in [0.1, 0.15) is 0 Å². The van der Waals surface area contributed by atoms with Gasteiger partial charge < -0.3 is 5.11 Å². The molecule has 0 atom stereocenters. The first kappa shape index (κ1) is 9.83. The van der Waals surface area contributed by atoms with Crippen molar-refractivity contribution >= 4 is 21.6 Å². The zero-order valence-corrected chi connectivity index (χ0v) is 5.90. The standard InChI is InChI=1S/C2H6S2.CH4O/c1-3-4-2;1-2/h1-2H3;2H,1H3. The Morgan fingerprint density at radius 1 is 1.00 bits per heavy atom.